The van der Waals surface area contributed by atoms with Crippen LogP contribution < -0.4 is 15.4 Å². The van der Waals surface area contributed by atoms with Gasteiger partial charge in [-0.15, -0.1) is 10.2 Å². The van der Waals surface area contributed by atoms with Crippen LogP contribution in [0.2, 0.25) is 0 Å². The number of ether oxygens (including phenoxy) is 1. The van der Waals surface area contributed by atoms with Crippen molar-refractivity contribution in [2.45, 2.75) is 17.2 Å². The van der Waals surface area contributed by atoms with Gasteiger partial charge in [0, 0.05) is 18.0 Å². The van der Waals surface area contributed by atoms with Crippen molar-refractivity contribution in [2.75, 3.05) is 43.1 Å². The largest absolute Gasteiger partial charge is 0.497 e. The van der Waals surface area contributed by atoms with Gasteiger partial charge in [-0.05, 0) is 50.2 Å². The lowest BCUT2D eigenvalue weighted by Crippen LogP contribution is -2.21. The number of thioether (sulfide) groups is 1. The molecule has 0 unspecified atom stereocenters. The van der Waals surface area contributed by atoms with Crippen molar-refractivity contribution in [3.63, 3.8) is 0 Å². The molecule has 0 spiro atoms. The maximum Gasteiger partial charge on any atom is 0.325 e. The number of carbonyl (C=O) groups excluding carboxylic acids is 1. The number of nitrogens with one attached hydrogen (secondary N) is 2. The number of carbonyl (C=O) groups is 1. The number of methoxy groups -OCH3 is 1. The summed E-state index contributed by atoms with van der Waals surface area (Å²) in [6.45, 7) is 3.48. The summed E-state index contributed by atoms with van der Waals surface area (Å²) in [4.78, 5) is 14.5. The average molecular weight is 380 g/mol. The fourth-order valence-electron chi connectivity index (χ4n) is 2.52. The summed E-state index contributed by atoms with van der Waals surface area (Å²) in [7, 11) is 1.60. The van der Waals surface area contributed by atoms with E-state index in [9.17, 15) is 4.79 Å². The molecule has 0 radical (unpaired) electrons. The van der Waals surface area contributed by atoms with Crippen molar-refractivity contribution < 1.29 is 9.53 Å². The number of hydrogen-bond acceptors (Lipinski definition) is 7. The van der Waals surface area contributed by atoms with Gasteiger partial charge in [-0.25, -0.2) is 4.79 Å². The summed E-state index contributed by atoms with van der Waals surface area (Å²) in [5.41, 5.74) is 0.683. The molecule has 9 heteroatoms. The highest BCUT2D eigenvalue weighted by Gasteiger charge is 2.12. The van der Waals surface area contributed by atoms with E-state index in [1.807, 2.05) is 0 Å². The van der Waals surface area contributed by atoms with Gasteiger partial charge in [0.25, 0.3) is 0 Å². The van der Waals surface area contributed by atoms with Crippen LogP contribution in [0, 0.1) is 0 Å². The third kappa shape index (κ3) is 5.58. The second kappa shape index (κ2) is 9.02. The van der Waals surface area contributed by atoms with Gasteiger partial charge in [0.05, 0.1) is 7.11 Å². The van der Waals surface area contributed by atoms with Crippen LogP contribution in [0.3, 0.4) is 0 Å². The second-order valence-electron chi connectivity index (χ2n) is 5.58. The van der Waals surface area contributed by atoms with Crippen LogP contribution in [-0.2, 0) is 0 Å². The van der Waals surface area contributed by atoms with Crippen LogP contribution in [0.5, 0.6) is 5.75 Å². The van der Waals surface area contributed by atoms with Crippen LogP contribution >= 0.6 is 23.1 Å². The molecule has 3 rings (SSSR count). The first kappa shape index (κ1) is 18.0. The molecule has 0 atom stereocenters. The topological polar surface area (TPSA) is 79.4 Å². The summed E-state index contributed by atoms with van der Waals surface area (Å²) in [5.74, 6) is 1.73. The third-order valence-electron chi connectivity index (χ3n) is 3.81. The fraction of sp³-hybridized carbons (Fsp3) is 0.438. The van der Waals surface area contributed by atoms with E-state index in [0.29, 0.717) is 10.8 Å². The highest BCUT2D eigenvalue weighted by atomic mass is 32.2. The molecule has 7 nitrogen and oxygen atoms in total. The number of nitrogens with zero attached hydrogens (tertiary/aromatic N) is 3. The van der Waals surface area contributed by atoms with Crippen LogP contribution in [-0.4, -0.2) is 53.6 Å². The van der Waals surface area contributed by atoms with Crippen molar-refractivity contribution in [1.82, 2.24) is 15.1 Å². The third-order valence-corrected chi connectivity index (χ3v) is 5.76. The average Bonchev–Trinajstić information content (AvgIpc) is 3.28. The van der Waals surface area contributed by atoms with Crippen LogP contribution in [0.15, 0.2) is 28.6 Å². The zero-order chi connectivity index (χ0) is 17.5. The SMILES string of the molecule is COc1ccc(NC(=O)Nc2nnc(SCCN3CCCC3)s2)cc1. The minimum absolute atomic E-state index is 0.338. The van der Waals surface area contributed by atoms with E-state index in [1.54, 1.807) is 43.1 Å². The van der Waals surface area contributed by atoms with E-state index < -0.39 is 0 Å². The normalized spacial score (nSPS) is 14.4. The number of likely N-dealkylation sites (tertiary alicyclic amines) is 1. The lowest BCUT2D eigenvalue weighted by Gasteiger charge is -2.12. The van der Waals surface area contributed by atoms with Crippen molar-refractivity contribution >= 4 is 39.9 Å². The molecule has 1 aromatic heterocycles. The standard InChI is InChI=1S/C16H21N5O2S2/c1-23-13-6-4-12(5-7-13)17-14(22)18-15-19-20-16(25-15)24-11-10-21-8-2-3-9-21/h4-7H,2-3,8-11H2,1H3,(H2,17,18,19,22). The molecule has 1 aliphatic rings. The van der Waals surface area contributed by atoms with Gasteiger partial charge in [0.2, 0.25) is 5.13 Å². The van der Waals surface area contributed by atoms with E-state index in [-0.39, 0.29) is 6.03 Å². The summed E-state index contributed by atoms with van der Waals surface area (Å²) < 4.78 is 5.96. The van der Waals surface area contributed by atoms with Gasteiger partial charge in [0.1, 0.15) is 5.75 Å². The van der Waals surface area contributed by atoms with Gasteiger partial charge in [-0.2, -0.15) is 0 Å². The molecular formula is C16H21N5O2S2. The Morgan fingerprint density at radius 3 is 2.72 bits per heavy atom. The van der Waals surface area contributed by atoms with E-state index in [0.717, 1.165) is 22.4 Å². The first-order valence-corrected chi connectivity index (χ1v) is 9.94. The van der Waals surface area contributed by atoms with E-state index in [1.165, 1.54) is 37.3 Å². The Bertz CT molecular complexity index is 686. The summed E-state index contributed by atoms with van der Waals surface area (Å²) in [6, 6.07) is 6.79. The van der Waals surface area contributed by atoms with Crippen LogP contribution in [0.25, 0.3) is 0 Å². The van der Waals surface area contributed by atoms with E-state index in [4.69, 9.17) is 4.74 Å². The van der Waals surface area contributed by atoms with Gasteiger partial charge in [-0.1, -0.05) is 23.1 Å². The summed E-state index contributed by atoms with van der Waals surface area (Å²) >= 11 is 3.07. The first-order chi connectivity index (χ1) is 12.2. The highest BCUT2D eigenvalue weighted by Crippen LogP contribution is 2.26. The molecule has 1 fully saturated rings. The van der Waals surface area contributed by atoms with Crippen molar-refractivity contribution in [3.8, 4) is 5.75 Å². The summed E-state index contributed by atoms with van der Waals surface area (Å²) in [5, 5.41) is 14.1. The minimum Gasteiger partial charge on any atom is -0.497 e. The Kier molecular flexibility index (Phi) is 6.48. The number of urea groups is 1. The lowest BCUT2D eigenvalue weighted by atomic mass is 10.3. The summed E-state index contributed by atoms with van der Waals surface area (Å²) in [6.07, 6.45) is 2.61. The molecule has 0 saturated carbocycles. The van der Waals surface area contributed by atoms with Crippen molar-refractivity contribution in [3.05, 3.63) is 24.3 Å². The first-order valence-electron chi connectivity index (χ1n) is 8.13. The van der Waals surface area contributed by atoms with Crippen molar-refractivity contribution in [2.24, 2.45) is 0 Å². The molecule has 0 aliphatic carbocycles. The number of aromatic nitrogens is 2. The monoisotopic (exact) mass is 379 g/mol. The van der Waals surface area contributed by atoms with Crippen molar-refractivity contribution in [1.29, 1.82) is 0 Å². The number of rotatable bonds is 7. The number of hydrogen-bond donors (Lipinski definition) is 2. The lowest BCUT2D eigenvalue weighted by molar-refractivity contribution is 0.262. The fourth-order valence-corrected chi connectivity index (χ4v) is 4.34. The Balaban J connectivity index is 1.42. The number of amides is 2. The zero-order valence-corrected chi connectivity index (χ0v) is 15.7. The number of benzene rings is 1. The molecule has 1 aliphatic heterocycles. The van der Waals surface area contributed by atoms with Gasteiger partial charge < -0.3 is 15.0 Å². The second-order valence-corrected chi connectivity index (χ2v) is 7.90. The quantitative estimate of drug-likeness (QED) is 0.567. The predicted molar refractivity (Wildman–Crippen MR) is 102 cm³/mol. The van der Waals surface area contributed by atoms with Crippen LogP contribution in [0.1, 0.15) is 12.8 Å². The Hall–Kier alpha value is -1.84. The molecule has 1 aromatic carbocycles. The molecule has 2 aromatic rings. The maximum absolute atomic E-state index is 12.0. The Morgan fingerprint density at radius 2 is 2.00 bits per heavy atom. The molecular weight excluding hydrogens is 358 g/mol. The van der Waals surface area contributed by atoms with Gasteiger partial charge >= 0.3 is 6.03 Å². The molecule has 0 bridgehead atoms. The van der Waals surface area contributed by atoms with E-state index in [2.05, 4.69) is 25.7 Å². The maximum atomic E-state index is 12.0. The molecule has 2 N–H and O–H groups in total. The van der Waals surface area contributed by atoms with Crippen LogP contribution in [0.4, 0.5) is 15.6 Å². The molecule has 2 amide bonds. The number of anilines is 2. The zero-order valence-electron chi connectivity index (χ0n) is 14.0. The highest BCUT2D eigenvalue weighted by molar-refractivity contribution is 8.01. The Labute approximate surface area is 155 Å². The Morgan fingerprint density at radius 1 is 1.24 bits per heavy atom. The van der Waals surface area contributed by atoms with Gasteiger partial charge in [0.15, 0.2) is 4.34 Å². The molecule has 2 heterocycles. The molecule has 134 valence electrons. The smallest absolute Gasteiger partial charge is 0.325 e. The molecule has 1 saturated heterocycles. The van der Waals surface area contributed by atoms with Gasteiger partial charge in [-0.3, -0.25) is 5.32 Å². The minimum atomic E-state index is -0.338. The van der Waals surface area contributed by atoms with E-state index >= 15 is 0 Å². The predicted octanol–water partition coefficient (Wildman–Crippen LogP) is 3.38. The molecule has 25 heavy (non-hydrogen) atoms.